The van der Waals surface area contributed by atoms with Crippen LogP contribution in [0.15, 0.2) is 36.5 Å². The number of H-pyrrole nitrogens is 1. The van der Waals surface area contributed by atoms with E-state index < -0.39 is 0 Å². The normalized spacial score (nSPS) is 10.9. The Bertz CT molecular complexity index is 824. The summed E-state index contributed by atoms with van der Waals surface area (Å²) in [4.78, 5) is 14.1. The van der Waals surface area contributed by atoms with E-state index in [1.54, 1.807) is 36.5 Å². The van der Waals surface area contributed by atoms with Crippen LogP contribution in [0.25, 0.3) is 22.0 Å². The molecule has 0 unspecified atom stereocenters. The minimum atomic E-state index is 0.0787. The van der Waals surface area contributed by atoms with Crippen molar-refractivity contribution in [3.8, 4) is 16.9 Å². The molecule has 0 amide bonds. The van der Waals surface area contributed by atoms with Gasteiger partial charge >= 0.3 is 0 Å². The molecule has 0 saturated heterocycles. The van der Waals surface area contributed by atoms with Gasteiger partial charge in [0.1, 0.15) is 5.75 Å². The summed E-state index contributed by atoms with van der Waals surface area (Å²) in [5, 5.41) is 11.6. The SMILES string of the molecule is O=Cc1c[nH]c2c(O)ccc(-c3cc(Cl)ccc3Cl)c12. The van der Waals surface area contributed by atoms with Gasteiger partial charge in [-0.05, 0) is 35.9 Å². The first-order valence-corrected chi connectivity index (χ1v) is 6.61. The van der Waals surface area contributed by atoms with Crippen LogP contribution in [-0.2, 0) is 0 Å². The van der Waals surface area contributed by atoms with Gasteiger partial charge in [-0.15, -0.1) is 0 Å². The van der Waals surface area contributed by atoms with Crippen LogP contribution in [0.2, 0.25) is 10.0 Å². The molecule has 3 aromatic rings. The molecule has 0 aliphatic heterocycles. The first-order chi connectivity index (χ1) is 9.61. The largest absolute Gasteiger partial charge is 0.506 e. The Morgan fingerprint density at radius 2 is 1.90 bits per heavy atom. The molecule has 0 atom stereocenters. The summed E-state index contributed by atoms with van der Waals surface area (Å²) in [5.41, 5.74) is 2.42. The lowest BCUT2D eigenvalue weighted by atomic mass is 9.99. The van der Waals surface area contributed by atoms with Crippen molar-refractivity contribution < 1.29 is 9.90 Å². The second kappa shape index (κ2) is 4.85. The van der Waals surface area contributed by atoms with Crippen molar-refractivity contribution in [2.45, 2.75) is 0 Å². The second-order valence-electron chi connectivity index (χ2n) is 4.37. The highest BCUT2D eigenvalue weighted by Crippen LogP contribution is 2.39. The number of halogens is 2. The zero-order valence-electron chi connectivity index (χ0n) is 10.2. The van der Waals surface area contributed by atoms with Gasteiger partial charge in [-0.1, -0.05) is 23.2 Å². The number of hydrogen-bond acceptors (Lipinski definition) is 2. The number of aromatic hydroxyl groups is 1. The number of benzene rings is 2. The Morgan fingerprint density at radius 3 is 2.65 bits per heavy atom. The van der Waals surface area contributed by atoms with Crippen LogP contribution in [0.3, 0.4) is 0 Å². The van der Waals surface area contributed by atoms with Gasteiger partial charge in [0.05, 0.1) is 5.52 Å². The Morgan fingerprint density at radius 1 is 1.10 bits per heavy atom. The molecule has 1 heterocycles. The second-order valence-corrected chi connectivity index (χ2v) is 5.21. The summed E-state index contributed by atoms with van der Waals surface area (Å²) in [5.74, 6) is 0.0787. The van der Waals surface area contributed by atoms with Crippen LogP contribution in [0.4, 0.5) is 0 Å². The van der Waals surface area contributed by atoms with Gasteiger partial charge in [0.2, 0.25) is 0 Å². The fraction of sp³-hybridized carbons (Fsp3) is 0. The predicted octanol–water partition coefficient (Wildman–Crippen LogP) is 4.66. The molecule has 100 valence electrons. The van der Waals surface area contributed by atoms with Crippen molar-refractivity contribution in [3.05, 3.63) is 52.1 Å². The fourth-order valence-electron chi connectivity index (χ4n) is 2.28. The molecule has 0 fully saturated rings. The van der Waals surface area contributed by atoms with Gasteiger partial charge < -0.3 is 10.1 Å². The molecular formula is C15H9Cl2NO2. The lowest BCUT2D eigenvalue weighted by Gasteiger charge is -2.08. The van der Waals surface area contributed by atoms with Crippen LogP contribution in [0.1, 0.15) is 10.4 Å². The molecule has 20 heavy (non-hydrogen) atoms. The van der Waals surface area contributed by atoms with Gasteiger partial charge in [0, 0.05) is 32.8 Å². The van der Waals surface area contributed by atoms with Crippen LogP contribution in [-0.4, -0.2) is 16.4 Å². The number of hydrogen-bond donors (Lipinski definition) is 2. The first-order valence-electron chi connectivity index (χ1n) is 5.85. The Balaban J connectivity index is 2.42. The maximum atomic E-state index is 11.2. The van der Waals surface area contributed by atoms with E-state index in [4.69, 9.17) is 23.2 Å². The average Bonchev–Trinajstić information content (AvgIpc) is 2.87. The van der Waals surface area contributed by atoms with Crippen molar-refractivity contribution in [3.63, 3.8) is 0 Å². The Labute approximate surface area is 124 Å². The number of rotatable bonds is 2. The molecule has 0 aliphatic carbocycles. The van der Waals surface area contributed by atoms with E-state index in [1.807, 2.05) is 0 Å². The van der Waals surface area contributed by atoms with Crippen LogP contribution in [0.5, 0.6) is 5.75 Å². The van der Waals surface area contributed by atoms with Gasteiger partial charge in [0.25, 0.3) is 0 Å². The van der Waals surface area contributed by atoms with Crippen LogP contribution in [0, 0.1) is 0 Å². The first kappa shape index (κ1) is 13.0. The topological polar surface area (TPSA) is 53.1 Å². The lowest BCUT2D eigenvalue weighted by molar-refractivity contribution is 0.112. The van der Waals surface area contributed by atoms with E-state index in [-0.39, 0.29) is 5.75 Å². The van der Waals surface area contributed by atoms with E-state index in [2.05, 4.69) is 4.98 Å². The van der Waals surface area contributed by atoms with E-state index in [9.17, 15) is 9.90 Å². The Hall–Kier alpha value is -1.97. The molecule has 3 nitrogen and oxygen atoms in total. The number of aldehydes is 1. The van der Waals surface area contributed by atoms with E-state index in [0.717, 1.165) is 11.8 Å². The lowest BCUT2D eigenvalue weighted by Crippen LogP contribution is -1.85. The summed E-state index contributed by atoms with van der Waals surface area (Å²) in [6.07, 6.45) is 2.29. The third kappa shape index (κ3) is 1.96. The standard InChI is InChI=1S/C15H9Cl2NO2/c16-9-1-3-12(17)11(5-9)10-2-4-13(20)15-14(10)8(7-19)6-18-15/h1-7,18,20H. The number of phenols is 1. The van der Waals surface area contributed by atoms with Gasteiger partial charge in [-0.2, -0.15) is 0 Å². The third-order valence-electron chi connectivity index (χ3n) is 3.19. The molecule has 2 N–H and O–H groups in total. The van der Waals surface area contributed by atoms with E-state index in [0.29, 0.717) is 32.1 Å². The van der Waals surface area contributed by atoms with Crippen LogP contribution >= 0.6 is 23.2 Å². The highest BCUT2D eigenvalue weighted by Gasteiger charge is 2.15. The predicted molar refractivity (Wildman–Crippen MR) is 80.8 cm³/mol. The van der Waals surface area contributed by atoms with Crippen molar-refractivity contribution in [1.82, 2.24) is 4.98 Å². The van der Waals surface area contributed by atoms with Crippen molar-refractivity contribution in [1.29, 1.82) is 0 Å². The molecule has 3 rings (SSSR count). The monoisotopic (exact) mass is 305 g/mol. The number of aromatic nitrogens is 1. The van der Waals surface area contributed by atoms with E-state index in [1.165, 1.54) is 0 Å². The van der Waals surface area contributed by atoms with Gasteiger partial charge in [-0.25, -0.2) is 0 Å². The summed E-state index contributed by atoms with van der Waals surface area (Å²) in [7, 11) is 0. The zero-order valence-corrected chi connectivity index (χ0v) is 11.7. The number of aromatic amines is 1. The average molecular weight is 306 g/mol. The molecule has 5 heteroatoms. The molecule has 0 aliphatic rings. The molecule has 0 saturated carbocycles. The zero-order chi connectivity index (χ0) is 14.3. The molecule has 0 radical (unpaired) electrons. The number of phenolic OH excluding ortho intramolecular Hbond substituents is 1. The molecular weight excluding hydrogens is 297 g/mol. The number of nitrogens with one attached hydrogen (secondary N) is 1. The minimum absolute atomic E-state index is 0.0787. The number of fused-ring (bicyclic) bond motifs is 1. The van der Waals surface area contributed by atoms with Crippen LogP contribution < -0.4 is 0 Å². The minimum Gasteiger partial charge on any atom is -0.506 e. The highest BCUT2D eigenvalue weighted by molar-refractivity contribution is 6.35. The molecule has 0 spiro atoms. The highest BCUT2D eigenvalue weighted by atomic mass is 35.5. The maximum Gasteiger partial charge on any atom is 0.152 e. The maximum absolute atomic E-state index is 11.2. The van der Waals surface area contributed by atoms with Crippen molar-refractivity contribution in [2.75, 3.05) is 0 Å². The van der Waals surface area contributed by atoms with Crippen molar-refractivity contribution in [2.24, 2.45) is 0 Å². The summed E-state index contributed by atoms with van der Waals surface area (Å²) in [6.45, 7) is 0. The summed E-state index contributed by atoms with van der Waals surface area (Å²) < 4.78 is 0. The Kier molecular flexibility index (Phi) is 3.16. The summed E-state index contributed by atoms with van der Waals surface area (Å²) >= 11 is 12.2. The molecule has 0 bridgehead atoms. The quantitative estimate of drug-likeness (QED) is 0.677. The third-order valence-corrected chi connectivity index (χ3v) is 3.75. The summed E-state index contributed by atoms with van der Waals surface area (Å²) in [6, 6.07) is 8.40. The fourth-order valence-corrected chi connectivity index (χ4v) is 2.67. The van der Waals surface area contributed by atoms with Gasteiger partial charge in [-0.3, -0.25) is 4.79 Å². The van der Waals surface area contributed by atoms with Gasteiger partial charge in [0.15, 0.2) is 6.29 Å². The van der Waals surface area contributed by atoms with Crippen molar-refractivity contribution >= 4 is 40.4 Å². The number of carbonyl (C=O) groups excluding carboxylic acids is 1. The smallest absolute Gasteiger partial charge is 0.152 e. The molecule has 2 aromatic carbocycles. The van der Waals surface area contributed by atoms with E-state index >= 15 is 0 Å². The molecule has 1 aromatic heterocycles. The number of carbonyl (C=O) groups is 1.